The van der Waals surface area contributed by atoms with Crippen LogP contribution in [0.25, 0.3) is 11.4 Å². The van der Waals surface area contributed by atoms with Gasteiger partial charge in [-0.25, -0.2) is 9.67 Å². The van der Waals surface area contributed by atoms with E-state index in [1.54, 1.807) is 28.0 Å². The molecule has 1 aliphatic heterocycles. The number of benzene rings is 1. The molecule has 2 atom stereocenters. The lowest BCUT2D eigenvalue weighted by Gasteiger charge is -2.28. The molecule has 0 radical (unpaired) electrons. The first kappa shape index (κ1) is 32.5. The van der Waals surface area contributed by atoms with Crippen LogP contribution in [-0.2, 0) is 33.8 Å². The molecule has 3 aromatic heterocycles. The lowest BCUT2D eigenvalue weighted by atomic mass is 10.0. The number of rotatable bonds is 8. The topological polar surface area (TPSA) is 161 Å². The number of hydrogen-bond acceptors (Lipinski definition) is 9. The van der Waals surface area contributed by atoms with Crippen LogP contribution in [0.2, 0.25) is 0 Å². The maximum atomic E-state index is 13.6. The minimum absolute atomic E-state index is 0.00612. The van der Waals surface area contributed by atoms with E-state index in [4.69, 9.17) is 4.52 Å². The summed E-state index contributed by atoms with van der Waals surface area (Å²) in [7, 11) is 0. The van der Waals surface area contributed by atoms with Crippen molar-refractivity contribution in [3.63, 3.8) is 0 Å². The normalized spacial score (nSPS) is 18.0. The Morgan fingerprint density at radius 2 is 1.87 bits per heavy atom. The van der Waals surface area contributed by atoms with Crippen LogP contribution in [0.1, 0.15) is 68.7 Å². The van der Waals surface area contributed by atoms with Gasteiger partial charge < -0.3 is 20.1 Å². The molecule has 0 fully saturated rings. The van der Waals surface area contributed by atoms with Crippen LogP contribution >= 0.6 is 0 Å². The van der Waals surface area contributed by atoms with E-state index in [-0.39, 0.29) is 36.5 Å². The van der Waals surface area contributed by atoms with E-state index in [1.807, 2.05) is 57.2 Å². The molecule has 0 bridgehead atoms. The van der Waals surface area contributed by atoms with Gasteiger partial charge in [0.15, 0.2) is 0 Å². The minimum atomic E-state index is -0.766. The summed E-state index contributed by atoms with van der Waals surface area (Å²) in [5.74, 6) is 1.57. The van der Waals surface area contributed by atoms with E-state index >= 15 is 0 Å². The summed E-state index contributed by atoms with van der Waals surface area (Å²) in [6.45, 7) is 7.00. The SMILES string of the molecule is Cc1nc2n(n1)CCN(C(=O)CCCc1nc(-c3cccnc3)no1)CCCC(=O)N[C@@H](Cc1ccccc1)C(=O)N[C@@H]2C(C)C. The number of carbonyl (C=O) groups is 3. The monoisotopic (exact) mass is 627 g/mol. The van der Waals surface area contributed by atoms with Gasteiger partial charge in [0.05, 0.1) is 12.6 Å². The number of nitrogens with one attached hydrogen (secondary N) is 2. The van der Waals surface area contributed by atoms with E-state index in [1.165, 1.54) is 0 Å². The molecule has 4 aromatic rings. The first-order chi connectivity index (χ1) is 22.3. The molecule has 13 nitrogen and oxygen atoms in total. The molecule has 0 saturated heterocycles. The van der Waals surface area contributed by atoms with Crippen molar-refractivity contribution in [1.29, 1.82) is 0 Å². The lowest BCUT2D eigenvalue weighted by Crippen LogP contribution is -2.50. The van der Waals surface area contributed by atoms with E-state index in [9.17, 15) is 14.4 Å². The Bertz CT molecular complexity index is 1600. The smallest absolute Gasteiger partial charge is 0.243 e. The average molecular weight is 628 g/mol. The summed E-state index contributed by atoms with van der Waals surface area (Å²) < 4.78 is 7.18. The lowest BCUT2D eigenvalue weighted by molar-refractivity contribution is -0.132. The maximum Gasteiger partial charge on any atom is 0.243 e. The van der Waals surface area contributed by atoms with Crippen molar-refractivity contribution >= 4 is 17.7 Å². The summed E-state index contributed by atoms with van der Waals surface area (Å²) in [6.07, 6.45) is 5.60. The summed E-state index contributed by atoms with van der Waals surface area (Å²) in [5.41, 5.74) is 1.70. The van der Waals surface area contributed by atoms with Crippen LogP contribution in [0.3, 0.4) is 0 Å². The highest BCUT2D eigenvalue weighted by Gasteiger charge is 2.30. The van der Waals surface area contributed by atoms with Crippen molar-refractivity contribution in [2.75, 3.05) is 13.1 Å². The predicted molar refractivity (Wildman–Crippen MR) is 169 cm³/mol. The van der Waals surface area contributed by atoms with Gasteiger partial charge in [0.1, 0.15) is 17.7 Å². The van der Waals surface area contributed by atoms with Crippen molar-refractivity contribution in [1.82, 2.24) is 45.4 Å². The Labute approximate surface area is 268 Å². The van der Waals surface area contributed by atoms with Crippen LogP contribution in [0, 0.1) is 12.8 Å². The van der Waals surface area contributed by atoms with Crippen molar-refractivity contribution < 1.29 is 18.9 Å². The molecule has 0 spiro atoms. The fourth-order valence-electron chi connectivity index (χ4n) is 5.50. The van der Waals surface area contributed by atoms with Gasteiger partial charge in [-0.05, 0) is 43.4 Å². The zero-order valence-corrected chi connectivity index (χ0v) is 26.6. The molecule has 1 aromatic carbocycles. The number of nitrogens with zero attached hydrogens (tertiary/aromatic N) is 7. The highest BCUT2D eigenvalue weighted by Crippen LogP contribution is 2.22. The van der Waals surface area contributed by atoms with E-state index in [2.05, 4.69) is 35.8 Å². The number of fused-ring (bicyclic) bond motifs is 1. The Hall–Kier alpha value is -4.94. The third-order valence-electron chi connectivity index (χ3n) is 7.92. The summed E-state index contributed by atoms with van der Waals surface area (Å²) in [5, 5.41) is 14.7. The molecule has 5 rings (SSSR count). The summed E-state index contributed by atoms with van der Waals surface area (Å²) in [6, 6.07) is 12.1. The molecule has 0 unspecified atom stereocenters. The standard InChI is InChI=1S/C33H41N9O4/c1-22(2)30-32-35-23(3)39-42(32)19-18-41(29(44)15-7-14-28-37-31(40-46-28)25-12-8-16-34-21-25)17-9-13-27(43)36-26(33(45)38-30)20-24-10-5-4-6-11-24/h4-6,8,10-12,16,21-22,26,30H,7,9,13-15,17-20H2,1-3H3,(H,36,43)(H,38,45)/t26-,30+/m0/s1. The minimum Gasteiger partial charge on any atom is -0.344 e. The zero-order chi connectivity index (χ0) is 32.5. The molecule has 3 amide bonds. The molecule has 2 N–H and O–H groups in total. The maximum absolute atomic E-state index is 13.6. The Kier molecular flexibility index (Phi) is 10.8. The van der Waals surface area contributed by atoms with Crippen molar-refractivity contribution in [3.05, 3.63) is 78.0 Å². The van der Waals surface area contributed by atoms with Crippen molar-refractivity contribution in [2.45, 2.75) is 77.9 Å². The summed E-state index contributed by atoms with van der Waals surface area (Å²) in [4.78, 5) is 55.2. The fraction of sp³-hybridized carbons (Fsp3) is 0.455. The largest absolute Gasteiger partial charge is 0.344 e. The molecule has 46 heavy (non-hydrogen) atoms. The van der Waals surface area contributed by atoms with Crippen LogP contribution in [0.15, 0.2) is 59.4 Å². The number of amides is 3. The number of carbonyl (C=O) groups excluding carboxylic acids is 3. The van der Waals surface area contributed by atoms with Crippen LogP contribution in [0.5, 0.6) is 0 Å². The predicted octanol–water partition coefficient (Wildman–Crippen LogP) is 3.22. The van der Waals surface area contributed by atoms with Crippen molar-refractivity contribution in [2.24, 2.45) is 5.92 Å². The molecular weight excluding hydrogens is 586 g/mol. The number of aromatic nitrogens is 6. The molecular formula is C33H41N9O4. The molecule has 242 valence electrons. The molecule has 0 saturated carbocycles. The second-order valence-electron chi connectivity index (χ2n) is 11.9. The molecule has 1 aliphatic rings. The number of pyridine rings is 1. The van der Waals surface area contributed by atoms with Crippen LogP contribution < -0.4 is 10.6 Å². The molecule has 13 heteroatoms. The van der Waals surface area contributed by atoms with Gasteiger partial charge in [-0.15, -0.1) is 0 Å². The third kappa shape index (κ3) is 8.61. The Morgan fingerprint density at radius 3 is 2.63 bits per heavy atom. The first-order valence-corrected chi connectivity index (χ1v) is 15.8. The van der Waals surface area contributed by atoms with Crippen LogP contribution in [-0.4, -0.2) is 71.6 Å². The van der Waals surface area contributed by atoms with Gasteiger partial charge in [0, 0.05) is 56.7 Å². The highest BCUT2D eigenvalue weighted by molar-refractivity contribution is 5.88. The van der Waals surface area contributed by atoms with E-state index in [0.29, 0.717) is 68.7 Å². The van der Waals surface area contributed by atoms with Gasteiger partial charge in [-0.1, -0.05) is 49.3 Å². The number of hydrogen-bond donors (Lipinski definition) is 2. The van der Waals surface area contributed by atoms with E-state index in [0.717, 1.165) is 11.1 Å². The Balaban J connectivity index is 1.29. The zero-order valence-electron chi connectivity index (χ0n) is 26.6. The Morgan fingerprint density at radius 1 is 1.04 bits per heavy atom. The molecule has 4 heterocycles. The second-order valence-corrected chi connectivity index (χ2v) is 11.9. The quantitative estimate of drug-likeness (QED) is 0.299. The fourth-order valence-corrected chi connectivity index (χ4v) is 5.50. The average Bonchev–Trinajstić information content (AvgIpc) is 3.67. The first-order valence-electron chi connectivity index (χ1n) is 15.8. The summed E-state index contributed by atoms with van der Waals surface area (Å²) >= 11 is 0. The second kappa shape index (κ2) is 15.4. The molecule has 0 aliphatic carbocycles. The van der Waals surface area contributed by atoms with E-state index < -0.39 is 12.1 Å². The number of aryl methyl sites for hydroxylation is 2. The van der Waals surface area contributed by atoms with Crippen molar-refractivity contribution in [3.8, 4) is 11.4 Å². The van der Waals surface area contributed by atoms with Gasteiger partial charge in [-0.2, -0.15) is 10.1 Å². The van der Waals surface area contributed by atoms with Gasteiger partial charge >= 0.3 is 0 Å². The highest BCUT2D eigenvalue weighted by atomic mass is 16.5. The van der Waals surface area contributed by atoms with Crippen LogP contribution in [0.4, 0.5) is 0 Å². The third-order valence-corrected chi connectivity index (χ3v) is 7.92. The van der Waals surface area contributed by atoms with Gasteiger partial charge in [0.2, 0.25) is 29.4 Å². The van der Waals surface area contributed by atoms with Gasteiger partial charge in [-0.3, -0.25) is 19.4 Å². The van der Waals surface area contributed by atoms with Gasteiger partial charge in [0.25, 0.3) is 0 Å².